The Bertz CT molecular complexity index is 4750. The van der Waals surface area contributed by atoms with Gasteiger partial charge in [0.2, 0.25) is 0 Å². The fraction of sp³-hybridized carbons (Fsp3) is 0.212. The molecule has 0 fully saturated rings. The third-order valence-corrected chi connectivity index (χ3v) is 17.0. The van der Waals surface area contributed by atoms with Crippen molar-refractivity contribution in [1.82, 2.24) is 0 Å². The maximum absolute atomic E-state index is 12.9. The molecule has 508 valence electrons. The predicted octanol–water partition coefficient (Wildman–Crippen LogP) is 8.26. The lowest BCUT2D eigenvalue weighted by molar-refractivity contribution is -0.591. The number of benzene rings is 8. The summed E-state index contributed by atoms with van der Waals surface area (Å²) in [5, 5.41) is 102. The van der Waals surface area contributed by atoms with E-state index in [1.165, 1.54) is 48.5 Å². The summed E-state index contributed by atoms with van der Waals surface area (Å²) in [6, 6.07) is 34.0. The largest absolute Gasteiger partial charge is 0.617 e. The van der Waals surface area contributed by atoms with E-state index in [9.17, 15) is 60.8 Å². The molecule has 0 radical (unpaired) electrons. The van der Waals surface area contributed by atoms with Gasteiger partial charge in [0, 0.05) is 81.7 Å². The molecule has 0 aliphatic carbocycles. The Hall–Kier alpha value is -10.8. The first-order valence-corrected chi connectivity index (χ1v) is 31.9. The van der Waals surface area contributed by atoms with E-state index >= 15 is 0 Å². The van der Waals surface area contributed by atoms with Gasteiger partial charge in [-0.3, -0.25) is 0 Å². The maximum atomic E-state index is 12.9. The van der Waals surface area contributed by atoms with Crippen LogP contribution in [-0.2, 0) is 38.1 Å². The number of para-hydroxylation sites is 6. The van der Waals surface area contributed by atoms with E-state index in [1.807, 2.05) is 13.8 Å². The minimum Gasteiger partial charge on any atom is -0.617 e. The second-order valence-electron chi connectivity index (χ2n) is 20.6. The monoisotopic (exact) mass is 1510 g/mol. The minimum atomic E-state index is -0.581. The van der Waals surface area contributed by atoms with Gasteiger partial charge in [0.05, 0.1) is 36.5 Å². The summed E-state index contributed by atoms with van der Waals surface area (Å²) < 4.78 is 47.1. The second-order valence-corrected chi connectivity index (χ2v) is 23.2. The molecule has 12 aromatic rings. The minimum absolute atomic E-state index is 0.0207. The van der Waals surface area contributed by atoms with Crippen molar-refractivity contribution >= 4 is 167 Å². The molecular formula is C66H56Br2Cl2N8O20. The van der Waals surface area contributed by atoms with Crippen molar-refractivity contribution in [2.75, 3.05) is 52.9 Å². The Morgan fingerprint density at radius 3 is 0.857 bits per heavy atom. The zero-order valence-electron chi connectivity index (χ0n) is 52.6. The van der Waals surface area contributed by atoms with Crippen molar-refractivity contribution in [3.05, 3.63) is 205 Å². The summed E-state index contributed by atoms with van der Waals surface area (Å²) in [5.74, 6) is -1.70. The number of aryl methyl sites for hydroxylation is 2. The van der Waals surface area contributed by atoms with Crippen molar-refractivity contribution in [3.8, 4) is 23.0 Å². The highest BCUT2D eigenvalue weighted by Crippen LogP contribution is 2.31. The van der Waals surface area contributed by atoms with Crippen LogP contribution < -0.4 is 56.8 Å². The van der Waals surface area contributed by atoms with Crippen LogP contribution in [0.1, 0.15) is 38.8 Å². The number of esters is 4. The van der Waals surface area contributed by atoms with E-state index in [-0.39, 0.29) is 174 Å². The third kappa shape index (κ3) is 15.1. The molecule has 12 rings (SSSR count). The summed E-state index contributed by atoms with van der Waals surface area (Å²) >= 11 is 18.5. The van der Waals surface area contributed by atoms with Crippen LogP contribution in [-0.4, -0.2) is 76.7 Å². The molecule has 0 saturated heterocycles. The molecule has 32 heteroatoms. The number of carbonyl (C=O) groups excluding carboxylic acids is 4. The van der Waals surface area contributed by atoms with Gasteiger partial charge in [-0.2, -0.15) is 37.8 Å². The van der Waals surface area contributed by atoms with Crippen LogP contribution >= 0.6 is 55.1 Å². The number of rotatable bonds is 16. The SMILES string of the molecule is CCOC(=O)COc1cccc2c1[n+]([O-])c1cc(Br)c(Br)cc1[n+]2[O-].CCOC(=O)COc1cccc2c1[n+]([O-])c1cc(C)c(C)cc1[n+]2[O-].CCOC(=O)COc1cccc2c1[n+]([O-])c1cc(Cl)c(Cl)cc1[n+]2[O-].CCOC(=O)COc1cccc2c1[n+]([O-])c1ccccc1[n+]2[O-]. The molecule has 4 aromatic heterocycles. The lowest BCUT2D eigenvalue weighted by Crippen LogP contribution is -2.39. The first-order valence-electron chi connectivity index (χ1n) is 29.6. The molecule has 0 saturated carbocycles. The molecule has 0 N–H and O–H groups in total. The number of carbonyl (C=O) groups is 4. The molecule has 8 aromatic carbocycles. The quantitative estimate of drug-likeness (QED) is 0.0289. The Balaban J connectivity index is 0.000000153. The van der Waals surface area contributed by atoms with Gasteiger partial charge in [-0.25, -0.2) is 19.2 Å². The molecule has 0 spiro atoms. The van der Waals surface area contributed by atoms with Crippen LogP contribution in [0, 0.1) is 55.5 Å². The van der Waals surface area contributed by atoms with Crippen molar-refractivity contribution < 1.29 is 94.9 Å². The zero-order valence-corrected chi connectivity index (χ0v) is 57.3. The lowest BCUT2D eigenvalue weighted by atomic mass is 10.1. The van der Waals surface area contributed by atoms with Crippen LogP contribution in [0.4, 0.5) is 0 Å². The number of hydrogen-bond donors (Lipinski definition) is 0. The normalized spacial score (nSPS) is 11.0. The number of aromatic nitrogens is 8. The Morgan fingerprint density at radius 1 is 0.327 bits per heavy atom. The van der Waals surface area contributed by atoms with Gasteiger partial charge in [-0.1, -0.05) is 59.6 Å². The van der Waals surface area contributed by atoms with E-state index in [2.05, 4.69) is 31.9 Å². The number of nitrogens with zero attached hydrogens (tertiary/aromatic N) is 8. The lowest BCUT2D eigenvalue weighted by Gasteiger charge is -2.12. The standard InChI is InChI=1S/C18H18N2O5.C16H12Br2N2O5.C16H12Cl2N2O5.C16H14N2O5/c1-4-24-17(21)10-25-16-7-5-6-13-18(16)20(23)15-9-12(3)11(2)8-14(15)19(13)22;2*1-2-24-15(21)8-25-14-5-3-4-11-16(14)20(23)13-7-10(18)9(17)6-12(13)19(11)22;1-2-22-15(19)10-23-14-9-5-8-13-16(14)18(21)12-7-4-3-6-11(12)17(13)20/h5-9H,4,10H2,1-3H3;2*3-7H,2,8H2,1H3;3-9H,2,10H2,1H3. The highest BCUT2D eigenvalue weighted by atomic mass is 79.9. The van der Waals surface area contributed by atoms with Gasteiger partial charge in [-0.15, -0.1) is 0 Å². The molecule has 0 bridgehead atoms. The summed E-state index contributed by atoms with van der Waals surface area (Å²) in [6.07, 6.45) is 0. The third-order valence-electron chi connectivity index (χ3n) is 14.5. The van der Waals surface area contributed by atoms with Crippen LogP contribution in [0.25, 0.3) is 88.3 Å². The number of ether oxygens (including phenoxy) is 8. The molecule has 28 nitrogen and oxygen atoms in total. The van der Waals surface area contributed by atoms with E-state index in [1.54, 1.807) is 113 Å². The highest BCUT2D eigenvalue weighted by molar-refractivity contribution is 9.13. The van der Waals surface area contributed by atoms with Crippen molar-refractivity contribution in [1.29, 1.82) is 0 Å². The van der Waals surface area contributed by atoms with Crippen LogP contribution in [0.3, 0.4) is 0 Å². The van der Waals surface area contributed by atoms with Crippen LogP contribution in [0.5, 0.6) is 23.0 Å². The van der Waals surface area contributed by atoms with Gasteiger partial charge in [0.25, 0.3) is 66.2 Å². The Labute approximate surface area is 581 Å². The second kappa shape index (κ2) is 31.4. The number of fused-ring (bicyclic) bond motifs is 8. The average molecular weight is 1510 g/mol. The smallest absolute Gasteiger partial charge is 0.344 e. The van der Waals surface area contributed by atoms with Crippen molar-refractivity contribution in [2.24, 2.45) is 0 Å². The van der Waals surface area contributed by atoms with Gasteiger partial charge in [0.1, 0.15) is 0 Å². The van der Waals surface area contributed by atoms with Gasteiger partial charge in [-0.05, 0) is 109 Å². The van der Waals surface area contributed by atoms with Crippen LogP contribution in [0.15, 0.2) is 142 Å². The number of halogens is 4. The average Bonchev–Trinajstić information content (AvgIpc) is 0.775. The molecular weight excluding hydrogens is 1460 g/mol. The first kappa shape index (κ1) is 71.5. The molecule has 0 aliphatic heterocycles. The van der Waals surface area contributed by atoms with Crippen molar-refractivity contribution in [2.45, 2.75) is 41.5 Å². The Kier molecular flexibility index (Phi) is 22.9. The Morgan fingerprint density at radius 2 is 0.551 bits per heavy atom. The van der Waals surface area contributed by atoms with Crippen LogP contribution in [0.2, 0.25) is 10.0 Å². The summed E-state index contributed by atoms with van der Waals surface area (Å²) in [7, 11) is 0. The summed E-state index contributed by atoms with van der Waals surface area (Å²) in [6.45, 7) is 10.0. The van der Waals surface area contributed by atoms with Gasteiger partial charge < -0.3 is 79.6 Å². The zero-order chi connectivity index (χ0) is 70.8. The topological polar surface area (TPSA) is 358 Å². The van der Waals surface area contributed by atoms with E-state index in [0.29, 0.717) is 46.8 Å². The van der Waals surface area contributed by atoms with Crippen molar-refractivity contribution in [3.63, 3.8) is 0 Å². The molecule has 0 aliphatic rings. The fourth-order valence-electron chi connectivity index (χ4n) is 9.96. The van der Waals surface area contributed by atoms with Gasteiger partial charge in [0.15, 0.2) is 49.4 Å². The molecule has 0 atom stereocenters. The first-order chi connectivity index (χ1) is 46.9. The van der Waals surface area contributed by atoms with Gasteiger partial charge >= 0.3 is 45.9 Å². The summed E-state index contributed by atoms with van der Waals surface area (Å²) in [4.78, 5) is 45.9. The highest BCUT2D eigenvalue weighted by Gasteiger charge is 2.31. The van der Waals surface area contributed by atoms with E-state index in [0.717, 1.165) is 11.1 Å². The molecule has 0 unspecified atom stereocenters. The molecule has 98 heavy (non-hydrogen) atoms. The fourth-order valence-corrected chi connectivity index (χ4v) is 10.9. The number of hydrogen-bond acceptors (Lipinski definition) is 20. The maximum Gasteiger partial charge on any atom is 0.344 e. The predicted molar refractivity (Wildman–Crippen MR) is 361 cm³/mol. The molecule has 0 amide bonds. The van der Waals surface area contributed by atoms with E-state index in [4.69, 9.17) is 61.1 Å². The molecule has 4 heterocycles. The summed E-state index contributed by atoms with van der Waals surface area (Å²) in [5.41, 5.74) is 4.05. The van der Waals surface area contributed by atoms with E-state index < -0.39 is 23.9 Å².